The maximum absolute atomic E-state index is 5.30. The van der Waals surface area contributed by atoms with E-state index in [0.717, 1.165) is 18.5 Å². The number of nitrogens with two attached hydrogens (primary N) is 1. The van der Waals surface area contributed by atoms with Gasteiger partial charge in [0.2, 0.25) is 0 Å². The first kappa shape index (κ1) is 11.8. The van der Waals surface area contributed by atoms with E-state index in [9.17, 15) is 0 Å². The van der Waals surface area contributed by atoms with Crippen LogP contribution in [0.2, 0.25) is 0 Å². The molecule has 0 fully saturated rings. The lowest BCUT2D eigenvalue weighted by atomic mass is 9.98. The van der Waals surface area contributed by atoms with Gasteiger partial charge >= 0.3 is 0 Å². The summed E-state index contributed by atoms with van der Waals surface area (Å²) in [6, 6.07) is 3.84. The predicted molar refractivity (Wildman–Crippen MR) is 64.7 cm³/mol. The number of nitrogen functional groups attached to an aromatic ring is 1. The summed E-state index contributed by atoms with van der Waals surface area (Å²) in [4.78, 5) is 4.06. The molecule has 0 aliphatic heterocycles. The summed E-state index contributed by atoms with van der Waals surface area (Å²) < 4.78 is 0. The van der Waals surface area contributed by atoms with E-state index in [-0.39, 0.29) is 5.54 Å². The van der Waals surface area contributed by atoms with Crippen LogP contribution < -0.4 is 16.6 Å². The molecule has 0 amide bonds. The molecule has 0 aliphatic rings. The highest BCUT2D eigenvalue weighted by molar-refractivity contribution is 5.52. The summed E-state index contributed by atoms with van der Waals surface area (Å²) >= 11 is 0. The van der Waals surface area contributed by atoms with Crippen LogP contribution in [0.3, 0.4) is 0 Å². The van der Waals surface area contributed by atoms with Gasteiger partial charge in [-0.1, -0.05) is 13.3 Å². The lowest BCUT2D eigenvalue weighted by molar-refractivity contribution is 0.511. The Bertz CT molecular complexity index is 309. The van der Waals surface area contributed by atoms with Gasteiger partial charge in [0, 0.05) is 23.5 Å². The lowest BCUT2D eigenvalue weighted by Gasteiger charge is -2.27. The van der Waals surface area contributed by atoms with Crippen LogP contribution in [0.15, 0.2) is 18.3 Å². The fraction of sp³-hybridized carbons (Fsp3) is 0.545. The lowest BCUT2D eigenvalue weighted by Crippen LogP contribution is -2.30. The number of aromatic nitrogens is 1. The molecular weight excluding hydrogens is 188 g/mol. The number of hydrogen-bond donors (Lipinski definition) is 3. The molecule has 84 valence electrons. The highest BCUT2D eigenvalue weighted by atomic mass is 15.2. The van der Waals surface area contributed by atoms with E-state index < -0.39 is 0 Å². The zero-order valence-electron chi connectivity index (χ0n) is 9.67. The molecule has 1 aromatic heterocycles. The SMILES string of the molecule is CCCC(C)(C)Nc1ccnc(NN)c1. The van der Waals surface area contributed by atoms with Crippen molar-refractivity contribution in [1.82, 2.24) is 4.98 Å². The van der Waals surface area contributed by atoms with Crippen LogP contribution >= 0.6 is 0 Å². The minimum atomic E-state index is 0.0992. The van der Waals surface area contributed by atoms with Gasteiger partial charge in [-0.15, -0.1) is 0 Å². The van der Waals surface area contributed by atoms with E-state index in [1.54, 1.807) is 6.20 Å². The van der Waals surface area contributed by atoms with Crippen molar-refractivity contribution in [3.63, 3.8) is 0 Å². The van der Waals surface area contributed by atoms with E-state index in [4.69, 9.17) is 5.84 Å². The van der Waals surface area contributed by atoms with Gasteiger partial charge in [0.1, 0.15) is 5.82 Å². The smallest absolute Gasteiger partial charge is 0.141 e. The zero-order valence-corrected chi connectivity index (χ0v) is 9.67. The summed E-state index contributed by atoms with van der Waals surface area (Å²) in [5, 5.41) is 3.46. The van der Waals surface area contributed by atoms with E-state index in [0.29, 0.717) is 5.82 Å². The van der Waals surface area contributed by atoms with E-state index in [1.165, 1.54) is 0 Å². The Kier molecular flexibility index (Phi) is 3.91. The molecule has 0 bridgehead atoms. The standard InChI is InChI=1S/C11H20N4/c1-4-6-11(2,3)14-9-5-7-13-10(8-9)15-12/h5,7-8H,4,6,12H2,1-3H3,(H2,13,14,15). The highest BCUT2D eigenvalue weighted by Gasteiger charge is 2.15. The molecule has 0 aliphatic carbocycles. The third kappa shape index (κ3) is 3.75. The first-order valence-corrected chi connectivity index (χ1v) is 5.28. The molecule has 1 heterocycles. The quantitative estimate of drug-likeness (QED) is 0.513. The molecule has 0 radical (unpaired) electrons. The van der Waals surface area contributed by atoms with Crippen molar-refractivity contribution in [2.24, 2.45) is 5.84 Å². The van der Waals surface area contributed by atoms with Gasteiger partial charge in [0.05, 0.1) is 0 Å². The maximum atomic E-state index is 5.30. The van der Waals surface area contributed by atoms with Crippen molar-refractivity contribution >= 4 is 11.5 Å². The molecule has 4 N–H and O–H groups in total. The number of hydrogen-bond acceptors (Lipinski definition) is 4. The summed E-state index contributed by atoms with van der Waals surface area (Å²) in [6.07, 6.45) is 4.02. The molecule has 0 saturated carbocycles. The number of nitrogens with zero attached hydrogens (tertiary/aromatic N) is 1. The molecule has 15 heavy (non-hydrogen) atoms. The maximum Gasteiger partial charge on any atom is 0.141 e. The van der Waals surface area contributed by atoms with Crippen LogP contribution in [0.5, 0.6) is 0 Å². The molecular formula is C11H20N4. The Balaban J connectivity index is 2.71. The second kappa shape index (κ2) is 4.98. The molecule has 0 atom stereocenters. The van der Waals surface area contributed by atoms with Crippen LogP contribution in [0, 0.1) is 0 Å². The Hall–Kier alpha value is -1.29. The van der Waals surface area contributed by atoms with Crippen LogP contribution in [0.4, 0.5) is 11.5 Å². The van der Waals surface area contributed by atoms with Gasteiger partial charge in [0.25, 0.3) is 0 Å². The van der Waals surface area contributed by atoms with Crippen molar-refractivity contribution in [2.75, 3.05) is 10.7 Å². The number of rotatable bonds is 5. The molecule has 0 spiro atoms. The first-order valence-electron chi connectivity index (χ1n) is 5.28. The topological polar surface area (TPSA) is 63.0 Å². The molecule has 0 saturated heterocycles. The van der Waals surface area contributed by atoms with Gasteiger partial charge < -0.3 is 10.7 Å². The Morgan fingerprint density at radius 3 is 2.80 bits per heavy atom. The Labute approximate surface area is 91.3 Å². The van der Waals surface area contributed by atoms with Crippen molar-refractivity contribution in [3.8, 4) is 0 Å². The van der Waals surface area contributed by atoms with E-state index >= 15 is 0 Å². The zero-order chi connectivity index (χ0) is 11.3. The van der Waals surface area contributed by atoms with Crippen LogP contribution in [0.25, 0.3) is 0 Å². The second-order valence-electron chi connectivity index (χ2n) is 4.33. The summed E-state index contributed by atoms with van der Waals surface area (Å²) in [5.41, 5.74) is 3.67. The Morgan fingerprint density at radius 1 is 1.47 bits per heavy atom. The fourth-order valence-corrected chi connectivity index (χ4v) is 1.67. The van der Waals surface area contributed by atoms with Gasteiger partial charge in [-0.05, 0) is 26.3 Å². The third-order valence-corrected chi connectivity index (χ3v) is 2.27. The average Bonchev–Trinajstić information content (AvgIpc) is 2.17. The predicted octanol–water partition coefficient (Wildman–Crippen LogP) is 2.36. The molecule has 1 aromatic rings. The Morgan fingerprint density at radius 2 is 2.20 bits per heavy atom. The van der Waals surface area contributed by atoms with Crippen LogP contribution in [0.1, 0.15) is 33.6 Å². The molecule has 1 rings (SSSR count). The average molecular weight is 208 g/mol. The highest BCUT2D eigenvalue weighted by Crippen LogP contribution is 2.20. The summed E-state index contributed by atoms with van der Waals surface area (Å²) in [5.74, 6) is 5.97. The third-order valence-electron chi connectivity index (χ3n) is 2.27. The van der Waals surface area contributed by atoms with Crippen molar-refractivity contribution < 1.29 is 0 Å². The monoisotopic (exact) mass is 208 g/mol. The largest absolute Gasteiger partial charge is 0.380 e. The van der Waals surface area contributed by atoms with Crippen molar-refractivity contribution in [1.29, 1.82) is 0 Å². The van der Waals surface area contributed by atoms with E-state index in [1.807, 2.05) is 12.1 Å². The van der Waals surface area contributed by atoms with Crippen LogP contribution in [-0.2, 0) is 0 Å². The van der Waals surface area contributed by atoms with E-state index in [2.05, 4.69) is 36.5 Å². The minimum absolute atomic E-state index is 0.0992. The summed E-state index contributed by atoms with van der Waals surface area (Å²) in [7, 11) is 0. The molecule has 4 heteroatoms. The van der Waals surface area contributed by atoms with Crippen molar-refractivity contribution in [2.45, 2.75) is 39.2 Å². The minimum Gasteiger partial charge on any atom is -0.380 e. The molecule has 4 nitrogen and oxygen atoms in total. The fourth-order valence-electron chi connectivity index (χ4n) is 1.67. The van der Waals surface area contributed by atoms with Crippen LogP contribution in [-0.4, -0.2) is 10.5 Å². The molecule has 0 unspecified atom stereocenters. The number of anilines is 2. The number of hydrazine groups is 1. The van der Waals surface area contributed by atoms with Gasteiger partial charge in [-0.25, -0.2) is 10.8 Å². The van der Waals surface area contributed by atoms with Gasteiger partial charge in [-0.3, -0.25) is 0 Å². The van der Waals surface area contributed by atoms with Crippen molar-refractivity contribution in [3.05, 3.63) is 18.3 Å². The molecule has 0 aromatic carbocycles. The summed E-state index contributed by atoms with van der Waals surface area (Å²) in [6.45, 7) is 6.56. The van der Waals surface area contributed by atoms with Gasteiger partial charge in [-0.2, -0.15) is 0 Å². The first-order chi connectivity index (χ1) is 7.07. The normalized spacial score (nSPS) is 11.2. The van der Waals surface area contributed by atoms with Gasteiger partial charge in [0.15, 0.2) is 0 Å². The second-order valence-corrected chi connectivity index (χ2v) is 4.33. The number of nitrogens with one attached hydrogen (secondary N) is 2. The number of pyridine rings is 1.